The van der Waals surface area contributed by atoms with E-state index in [4.69, 9.17) is 26.3 Å². The van der Waals surface area contributed by atoms with Gasteiger partial charge in [-0.15, -0.1) is 0 Å². The molecule has 0 unspecified atom stereocenters. The fourth-order valence-corrected chi connectivity index (χ4v) is 1.22. The van der Waals surface area contributed by atoms with Gasteiger partial charge < -0.3 is 9.47 Å². The zero-order chi connectivity index (χ0) is 11.1. The van der Waals surface area contributed by atoms with Crippen LogP contribution in [0.1, 0.15) is 12.5 Å². The summed E-state index contributed by atoms with van der Waals surface area (Å²) in [5.41, 5.74) is 0.482. The molecule has 3 nitrogen and oxygen atoms in total. The van der Waals surface area contributed by atoms with Crippen LogP contribution < -0.4 is 4.74 Å². The molecule has 0 aromatic heterocycles. The van der Waals surface area contributed by atoms with Gasteiger partial charge in [-0.2, -0.15) is 5.26 Å². The average Bonchev–Trinajstić information content (AvgIpc) is 2.25. The normalized spacial score (nSPS) is 9.67. The standard InChI is InChI=1S/C11H12ClNO2/c1-2-14-5-6-15-11-7-10(12)4-3-9(11)8-13/h3-4,7H,2,5-6H2,1H3. The largest absolute Gasteiger partial charge is 0.490 e. The van der Waals surface area contributed by atoms with Gasteiger partial charge in [0.15, 0.2) is 0 Å². The van der Waals surface area contributed by atoms with Gasteiger partial charge in [0.2, 0.25) is 0 Å². The topological polar surface area (TPSA) is 42.2 Å². The molecule has 4 heteroatoms. The number of ether oxygens (including phenoxy) is 2. The number of nitriles is 1. The molecule has 1 rings (SSSR count). The maximum atomic E-state index is 8.81. The Morgan fingerprint density at radius 3 is 2.87 bits per heavy atom. The molecule has 15 heavy (non-hydrogen) atoms. The van der Waals surface area contributed by atoms with Crippen molar-refractivity contribution >= 4 is 11.6 Å². The van der Waals surface area contributed by atoms with Gasteiger partial charge in [-0.05, 0) is 19.1 Å². The lowest BCUT2D eigenvalue weighted by Crippen LogP contribution is -2.07. The molecule has 0 saturated carbocycles. The molecule has 0 aliphatic heterocycles. The Kier molecular flexibility index (Phi) is 4.96. The van der Waals surface area contributed by atoms with Crippen LogP contribution in [0.2, 0.25) is 5.02 Å². The van der Waals surface area contributed by atoms with Gasteiger partial charge in [-0.25, -0.2) is 0 Å². The molecule has 1 aromatic rings. The lowest BCUT2D eigenvalue weighted by atomic mass is 10.2. The smallest absolute Gasteiger partial charge is 0.138 e. The second-order valence-corrected chi connectivity index (χ2v) is 3.23. The lowest BCUT2D eigenvalue weighted by Gasteiger charge is -2.07. The van der Waals surface area contributed by atoms with Crippen molar-refractivity contribution in [2.45, 2.75) is 6.92 Å². The van der Waals surface area contributed by atoms with E-state index in [-0.39, 0.29) is 0 Å². The second kappa shape index (κ2) is 6.28. The zero-order valence-electron chi connectivity index (χ0n) is 8.50. The number of rotatable bonds is 5. The fraction of sp³-hybridized carbons (Fsp3) is 0.364. The monoisotopic (exact) mass is 225 g/mol. The predicted octanol–water partition coefficient (Wildman–Crippen LogP) is 2.63. The Morgan fingerprint density at radius 1 is 1.40 bits per heavy atom. The molecule has 0 bridgehead atoms. The van der Waals surface area contributed by atoms with Crippen molar-refractivity contribution in [1.82, 2.24) is 0 Å². The van der Waals surface area contributed by atoms with Crippen LogP contribution in [0.3, 0.4) is 0 Å². The maximum Gasteiger partial charge on any atom is 0.138 e. The Balaban J connectivity index is 2.59. The molecule has 0 fully saturated rings. The number of hydrogen-bond acceptors (Lipinski definition) is 3. The van der Waals surface area contributed by atoms with Crippen molar-refractivity contribution in [2.24, 2.45) is 0 Å². The number of halogens is 1. The molecule has 0 aliphatic rings. The number of hydrogen-bond donors (Lipinski definition) is 0. The van der Waals surface area contributed by atoms with E-state index in [2.05, 4.69) is 0 Å². The molecule has 0 atom stereocenters. The molecule has 0 amide bonds. The quantitative estimate of drug-likeness (QED) is 0.724. The molecule has 0 spiro atoms. The van der Waals surface area contributed by atoms with E-state index in [0.717, 1.165) is 0 Å². The Labute approximate surface area is 94.2 Å². The summed E-state index contributed by atoms with van der Waals surface area (Å²) < 4.78 is 10.5. The third-order valence-electron chi connectivity index (χ3n) is 1.75. The summed E-state index contributed by atoms with van der Waals surface area (Å²) in [6.07, 6.45) is 0. The van der Waals surface area contributed by atoms with Gasteiger partial charge in [0.05, 0.1) is 12.2 Å². The minimum Gasteiger partial charge on any atom is -0.490 e. The van der Waals surface area contributed by atoms with Crippen molar-refractivity contribution < 1.29 is 9.47 Å². The summed E-state index contributed by atoms with van der Waals surface area (Å²) in [6, 6.07) is 6.97. The molecule has 0 saturated heterocycles. The third-order valence-corrected chi connectivity index (χ3v) is 1.99. The Hall–Kier alpha value is -1.24. The highest BCUT2D eigenvalue weighted by atomic mass is 35.5. The van der Waals surface area contributed by atoms with E-state index < -0.39 is 0 Å². The summed E-state index contributed by atoms with van der Waals surface area (Å²) in [6.45, 7) is 3.50. The van der Waals surface area contributed by atoms with Gasteiger partial charge in [-0.1, -0.05) is 11.6 Å². The minimum absolute atomic E-state index is 0.420. The summed E-state index contributed by atoms with van der Waals surface area (Å²) in [5, 5.41) is 9.36. The zero-order valence-corrected chi connectivity index (χ0v) is 9.25. The maximum absolute atomic E-state index is 8.81. The van der Waals surface area contributed by atoms with Crippen molar-refractivity contribution in [3.63, 3.8) is 0 Å². The summed E-state index contributed by atoms with van der Waals surface area (Å²) >= 11 is 5.79. The number of benzene rings is 1. The molecule has 0 N–H and O–H groups in total. The third kappa shape index (κ3) is 3.78. The molecule has 0 radical (unpaired) electrons. The molecular weight excluding hydrogens is 214 g/mol. The van der Waals surface area contributed by atoms with Crippen LogP contribution >= 0.6 is 11.6 Å². The van der Waals surface area contributed by atoms with E-state index in [1.807, 2.05) is 13.0 Å². The SMILES string of the molecule is CCOCCOc1cc(Cl)ccc1C#N. The van der Waals surface area contributed by atoms with E-state index in [9.17, 15) is 0 Å². The summed E-state index contributed by atoms with van der Waals surface area (Å²) in [4.78, 5) is 0. The first-order valence-corrected chi connectivity index (χ1v) is 5.06. The Bertz CT molecular complexity index is 360. The molecule has 80 valence electrons. The van der Waals surface area contributed by atoms with Gasteiger partial charge >= 0.3 is 0 Å². The highest BCUT2D eigenvalue weighted by molar-refractivity contribution is 6.30. The van der Waals surface area contributed by atoms with E-state index >= 15 is 0 Å². The second-order valence-electron chi connectivity index (χ2n) is 2.80. The van der Waals surface area contributed by atoms with Crippen LogP contribution in [0.5, 0.6) is 5.75 Å². The lowest BCUT2D eigenvalue weighted by molar-refractivity contribution is 0.110. The van der Waals surface area contributed by atoms with Crippen molar-refractivity contribution in [2.75, 3.05) is 19.8 Å². The minimum atomic E-state index is 0.420. The van der Waals surface area contributed by atoms with Crippen LogP contribution in [0.25, 0.3) is 0 Å². The van der Waals surface area contributed by atoms with Crippen LogP contribution in [-0.2, 0) is 4.74 Å². The van der Waals surface area contributed by atoms with Crippen LogP contribution in [0, 0.1) is 11.3 Å². The van der Waals surface area contributed by atoms with Crippen LogP contribution in [-0.4, -0.2) is 19.8 Å². The van der Waals surface area contributed by atoms with Crippen LogP contribution in [0.15, 0.2) is 18.2 Å². The number of nitrogens with zero attached hydrogens (tertiary/aromatic N) is 1. The first-order chi connectivity index (χ1) is 7.27. The van der Waals surface area contributed by atoms with E-state index in [1.165, 1.54) is 0 Å². The highest BCUT2D eigenvalue weighted by Crippen LogP contribution is 2.22. The summed E-state index contributed by atoms with van der Waals surface area (Å²) in [5.74, 6) is 0.504. The average molecular weight is 226 g/mol. The highest BCUT2D eigenvalue weighted by Gasteiger charge is 2.03. The van der Waals surface area contributed by atoms with Gasteiger partial charge in [0.1, 0.15) is 18.4 Å². The van der Waals surface area contributed by atoms with Gasteiger partial charge in [0, 0.05) is 17.7 Å². The van der Waals surface area contributed by atoms with Crippen molar-refractivity contribution in [3.8, 4) is 11.8 Å². The van der Waals surface area contributed by atoms with Crippen LogP contribution in [0.4, 0.5) is 0 Å². The molecule has 1 aromatic carbocycles. The molecular formula is C11H12ClNO2. The Morgan fingerprint density at radius 2 is 2.20 bits per heavy atom. The van der Waals surface area contributed by atoms with Gasteiger partial charge in [0.25, 0.3) is 0 Å². The first-order valence-electron chi connectivity index (χ1n) is 4.68. The molecule has 0 aliphatic carbocycles. The molecule has 0 heterocycles. The van der Waals surface area contributed by atoms with E-state index in [1.54, 1.807) is 18.2 Å². The van der Waals surface area contributed by atoms with Gasteiger partial charge in [-0.3, -0.25) is 0 Å². The van der Waals surface area contributed by atoms with Crippen molar-refractivity contribution in [3.05, 3.63) is 28.8 Å². The predicted molar refractivity (Wildman–Crippen MR) is 58.2 cm³/mol. The van der Waals surface area contributed by atoms with E-state index in [0.29, 0.717) is 36.2 Å². The van der Waals surface area contributed by atoms with Crippen molar-refractivity contribution in [1.29, 1.82) is 5.26 Å². The fourth-order valence-electron chi connectivity index (χ4n) is 1.06. The summed E-state index contributed by atoms with van der Waals surface area (Å²) in [7, 11) is 0. The first kappa shape index (κ1) is 11.8.